The molecule has 0 bridgehead atoms. The molecule has 162 valence electrons. The van der Waals surface area contributed by atoms with Crippen LogP contribution in [0.25, 0.3) is 11.0 Å². The molecule has 2 aromatic rings. The van der Waals surface area contributed by atoms with E-state index in [0.29, 0.717) is 12.0 Å². The maximum absolute atomic E-state index is 5.97. The summed E-state index contributed by atoms with van der Waals surface area (Å²) in [4.78, 5) is 10.7. The average molecular weight is 414 g/mol. The largest absolute Gasteiger partial charge is 0.389 e. The summed E-state index contributed by atoms with van der Waals surface area (Å²) in [5, 5.41) is 13.9. The summed E-state index contributed by atoms with van der Waals surface area (Å²) in [6.45, 7) is 8.09. The van der Waals surface area contributed by atoms with Crippen molar-refractivity contribution in [3.8, 4) is 0 Å². The molecular formula is C22H31N5O3. The minimum Gasteiger partial charge on any atom is -0.389 e. The smallest absolute Gasteiger partial charge is 0.159 e. The van der Waals surface area contributed by atoms with Crippen LogP contribution in [0.1, 0.15) is 51.5 Å². The third kappa shape index (κ3) is 3.56. The van der Waals surface area contributed by atoms with E-state index in [1.54, 1.807) is 0 Å². The summed E-state index contributed by atoms with van der Waals surface area (Å²) in [5.41, 5.74) is 3.85. The second-order valence-corrected chi connectivity index (χ2v) is 8.70. The molecule has 1 saturated carbocycles. The Labute approximate surface area is 177 Å². The minimum absolute atomic E-state index is 0.157. The van der Waals surface area contributed by atoms with Crippen molar-refractivity contribution in [2.24, 2.45) is 11.1 Å². The fourth-order valence-electron chi connectivity index (χ4n) is 4.96. The topological polar surface area (TPSA) is 82.8 Å². The van der Waals surface area contributed by atoms with Gasteiger partial charge in [-0.15, -0.1) is 0 Å². The number of rotatable bonds is 7. The van der Waals surface area contributed by atoms with Crippen molar-refractivity contribution in [2.75, 3.05) is 31.7 Å². The number of oxime groups is 1. The van der Waals surface area contributed by atoms with Gasteiger partial charge in [-0.3, -0.25) is 0 Å². The molecule has 1 spiro atoms. The molecule has 0 radical (unpaired) electrons. The van der Waals surface area contributed by atoms with E-state index < -0.39 is 0 Å². The molecule has 5 rings (SSSR count). The number of nitrogens with one attached hydrogen (secondary N) is 1. The Hall–Kier alpha value is -2.19. The highest BCUT2D eigenvalue weighted by Gasteiger charge is 2.51. The molecule has 4 heterocycles. The molecule has 2 aliphatic heterocycles. The molecule has 2 aromatic heterocycles. The van der Waals surface area contributed by atoms with Crippen molar-refractivity contribution >= 4 is 22.4 Å². The number of ether oxygens (including phenoxy) is 2. The van der Waals surface area contributed by atoms with Gasteiger partial charge in [0.05, 0.1) is 23.0 Å². The van der Waals surface area contributed by atoms with Gasteiger partial charge in [0.15, 0.2) is 5.65 Å². The van der Waals surface area contributed by atoms with Crippen LogP contribution in [-0.4, -0.2) is 58.5 Å². The second-order valence-electron chi connectivity index (χ2n) is 8.70. The number of fused-ring (bicyclic) bond motifs is 1. The zero-order valence-electron chi connectivity index (χ0n) is 17.9. The number of anilines is 1. The number of aromatic nitrogens is 3. The van der Waals surface area contributed by atoms with Crippen LogP contribution in [-0.2, 0) is 20.9 Å². The Morgan fingerprint density at radius 1 is 1.23 bits per heavy atom. The molecule has 1 aliphatic carbocycles. The van der Waals surface area contributed by atoms with Gasteiger partial charge in [0.1, 0.15) is 5.60 Å². The Bertz CT molecular complexity index is 928. The maximum atomic E-state index is 5.97. The summed E-state index contributed by atoms with van der Waals surface area (Å²) in [5.74, 6) is 0.572. The van der Waals surface area contributed by atoms with Gasteiger partial charge in [0.2, 0.25) is 0 Å². The molecule has 1 N–H and O–H groups in total. The van der Waals surface area contributed by atoms with Crippen LogP contribution in [0.4, 0.5) is 5.69 Å². The Morgan fingerprint density at radius 3 is 2.83 bits per heavy atom. The van der Waals surface area contributed by atoms with Gasteiger partial charge in [-0.2, -0.15) is 5.10 Å². The highest BCUT2D eigenvalue weighted by molar-refractivity contribution is 6.10. The lowest BCUT2D eigenvalue weighted by atomic mass is 9.68. The minimum atomic E-state index is -0.157. The van der Waals surface area contributed by atoms with E-state index in [4.69, 9.17) is 19.3 Å². The first-order valence-corrected chi connectivity index (χ1v) is 11.2. The van der Waals surface area contributed by atoms with Crippen LogP contribution in [0.2, 0.25) is 0 Å². The SMILES string of the molecule is CCOCC1CC2(CC(c3cnc4c(cnn4CC)c3NC3CCOCC3)=NO2)C1. The lowest BCUT2D eigenvalue weighted by Gasteiger charge is -2.42. The number of hydrogen-bond donors (Lipinski definition) is 1. The molecule has 0 amide bonds. The number of hydrogen-bond acceptors (Lipinski definition) is 7. The summed E-state index contributed by atoms with van der Waals surface area (Å²) in [7, 11) is 0. The van der Waals surface area contributed by atoms with Crippen LogP contribution in [0.3, 0.4) is 0 Å². The molecule has 0 unspecified atom stereocenters. The standard InChI is InChI=1S/C22H31N5O3/c1-3-27-21-18(13-24-27)20(25-16-5-7-29-8-6-16)17(12-23-21)19-11-22(30-26-19)9-15(10-22)14-28-4-2/h12-13,15-16H,3-11,14H2,1-2H3,(H,23,25). The zero-order chi connectivity index (χ0) is 20.6. The molecule has 3 aliphatic rings. The highest BCUT2D eigenvalue weighted by Crippen LogP contribution is 2.48. The van der Waals surface area contributed by atoms with Crippen molar-refractivity contribution < 1.29 is 14.3 Å². The molecule has 30 heavy (non-hydrogen) atoms. The average Bonchev–Trinajstić information content (AvgIpc) is 3.37. The fourth-order valence-corrected chi connectivity index (χ4v) is 4.96. The van der Waals surface area contributed by atoms with Crippen LogP contribution in [0.5, 0.6) is 0 Å². The van der Waals surface area contributed by atoms with E-state index in [1.807, 2.05) is 24.0 Å². The normalized spacial score (nSPS) is 26.6. The predicted octanol–water partition coefficient (Wildman–Crippen LogP) is 3.35. The Kier molecular flexibility index (Phi) is 5.37. The molecule has 0 aromatic carbocycles. The summed E-state index contributed by atoms with van der Waals surface area (Å²) < 4.78 is 13.1. The van der Waals surface area contributed by atoms with Crippen molar-refractivity contribution in [2.45, 2.75) is 64.1 Å². The quantitative estimate of drug-likeness (QED) is 0.750. The summed E-state index contributed by atoms with van der Waals surface area (Å²) >= 11 is 0. The van der Waals surface area contributed by atoms with E-state index in [-0.39, 0.29) is 5.60 Å². The van der Waals surface area contributed by atoms with E-state index in [1.165, 1.54) is 0 Å². The molecule has 0 atom stereocenters. The monoisotopic (exact) mass is 413 g/mol. The maximum Gasteiger partial charge on any atom is 0.159 e. The number of pyridine rings is 1. The Morgan fingerprint density at radius 2 is 2.07 bits per heavy atom. The lowest BCUT2D eigenvalue weighted by Crippen LogP contribution is -2.45. The van der Waals surface area contributed by atoms with E-state index in [2.05, 4.69) is 22.5 Å². The third-order valence-corrected chi connectivity index (χ3v) is 6.56. The predicted molar refractivity (Wildman–Crippen MR) is 115 cm³/mol. The van der Waals surface area contributed by atoms with Crippen molar-refractivity contribution in [3.05, 3.63) is 18.0 Å². The number of aryl methyl sites for hydroxylation is 1. The van der Waals surface area contributed by atoms with Crippen LogP contribution >= 0.6 is 0 Å². The van der Waals surface area contributed by atoms with Gasteiger partial charge < -0.3 is 19.6 Å². The molecule has 8 nitrogen and oxygen atoms in total. The lowest BCUT2D eigenvalue weighted by molar-refractivity contribution is -0.123. The van der Waals surface area contributed by atoms with Gasteiger partial charge in [0.25, 0.3) is 0 Å². The van der Waals surface area contributed by atoms with Crippen LogP contribution in [0.15, 0.2) is 17.5 Å². The van der Waals surface area contributed by atoms with E-state index in [9.17, 15) is 0 Å². The molecular weight excluding hydrogens is 382 g/mol. The van der Waals surface area contributed by atoms with Gasteiger partial charge in [-0.05, 0) is 45.4 Å². The molecule has 1 saturated heterocycles. The van der Waals surface area contributed by atoms with Crippen LogP contribution in [0, 0.1) is 5.92 Å². The van der Waals surface area contributed by atoms with E-state index >= 15 is 0 Å². The van der Waals surface area contributed by atoms with Crippen molar-refractivity contribution in [3.63, 3.8) is 0 Å². The molecule has 2 fully saturated rings. The van der Waals surface area contributed by atoms with Gasteiger partial charge in [0, 0.05) is 57.2 Å². The zero-order valence-corrected chi connectivity index (χ0v) is 17.9. The third-order valence-electron chi connectivity index (χ3n) is 6.56. The van der Waals surface area contributed by atoms with Gasteiger partial charge >= 0.3 is 0 Å². The van der Waals surface area contributed by atoms with Gasteiger partial charge in [-0.1, -0.05) is 5.16 Å². The molecule has 8 heteroatoms. The van der Waals surface area contributed by atoms with E-state index in [0.717, 1.165) is 93.1 Å². The van der Waals surface area contributed by atoms with Crippen molar-refractivity contribution in [1.29, 1.82) is 0 Å². The fraction of sp³-hybridized carbons (Fsp3) is 0.682. The Balaban J connectivity index is 1.40. The first-order valence-electron chi connectivity index (χ1n) is 11.2. The highest BCUT2D eigenvalue weighted by atomic mass is 16.7. The summed E-state index contributed by atoms with van der Waals surface area (Å²) in [6.07, 6.45) is 8.69. The van der Waals surface area contributed by atoms with Gasteiger partial charge in [-0.25, -0.2) is 9.67 Å². The number of nitrogens with zero attached hydrogens (tertiary/aromatic N) is 4. The van der Waals surface area contributed by atoms with Crippen molar-refractivity contribution in [1.82, 2.24) is 14.8 Å². The van der Waals surface area contributed by atoms with Crippen LogP contribution < -0.4 is 5.32 Å². The first kappa shape index (κ1) is 19.8. The summed E-state index contributed by atoms with van der Waals surface area (Å²) in [6, 6.07) is 0.379. The second kappa shape index (κ2) is 8.15. The first-order chi connectivity index (χ1) is 14.7.